The van der Waals surface area contributed by atoms with E-state index in [9.17, 15) is 14.9 Å². The summed E-state index contributed by atoms with van der Waals surface area (Å²) in [4.78, 5) is 31.6. The number of nitrogens with zero attached hydrogens (tertiary/aromatic N) is 3. The monoisotopic (exact) mass is 557 g/mol. The Morgan fingerprint density at radius 1 is 1.05 bits per heavy atom. The van der Waals surface area contributed by atoms with Crippen molar-refractivity contribution in [2.24, 2.45) is 10.9 Å². The number of benzene rings is 3. The second-order valence-electron chi connectivity index (χ2n) is 9.97. The van der Waals surface area contributed by atoms with Crippen LogP contribution >= 0.6 is 11.8 Å². The van der Waals surface area contributed by atoms with Crippen molar-refractivity contribution in [2.45, 2.75) is 45.3 Å². The van der Waals surface area contributed by atoms with E-state index < -0.39 is 4.92 Å². The Labute approximate surface area is 237 Å². The molecule has 0 spiro atoms. The van der Waals surface area contributed by atoms with Crippen LogP contribution in [0.5, 0.6) is 11.5 Å². The normalized spacial score (nSPS) is 21.1. The summed E-state index contributed by atoms with van der Waals surface area (Å²) in [5.41, 5.74) is 2.47. The molecule has 3 aromatic carbocycles. The van der Waals surface area contributed by atoms with E-state index in [1.54, 1.807) is 25.3 Å². The van der Waals surface area contributed by atoms with Crippen molar-refractivity contribution in [1.29, 1.82) is 0 Å². The highest BCUT2D eigenvalue weighted by molar-refractivity contribution is 8.18. The van der Waals surface area contributed by atoms with Crippen LogP contribution in [0.1, 0.15) is 43.7 Å². The van der Waals surface area contributed by atoms with Crippen LogP contribution in [0.25, 0.3) is 6.08 Å². The minimum atomic E-state index is -0.431. The zero-order valence-electron chi connectivity index (χ0n) is 22.5. The summed E-state index contributed by atoms with van der Waals surface area (Å²) in [6.07, 6.45) is 6.26. The van der Waals surface area contributed by atoms with Gasteiger partial charge in [-0.15, -0.1) is 0 Å². The fourth-order valence-electron chi connectivity index (χ4n) is 5.07. The highest BCUT2D eigenvalue weighted by Crippen LogP contribution is 2.40. The van der Waals surface area contributed by atoms with Crippen LogP contribution < -0.4 is 9.47 Å². The number of ether oxygens (including phenoxy) is 2. The fourth-order valence-corrected chi connectivity index (χ4v) is 6.11. The topological polar surface area (TPSA) is 94.3 Å². The number of rotatable bonds is 8. The van der Waals surface area contributed by atoms with Gasteiger partial charge in [-0.25, -0.2) is 4.99 Å². The molecule has 1 saturated heterocycles. The lowest BCUT2D eigenvalue weighted by atomic mass is 9.85. The van der Waals surface area contributed by atoms with Crippen molar-refractivity contribution >= 4 is 40.3 Å². The number of non-ortho nitro benzene ring substituents is 1. The predicted molar refractivity (Wildman–Crippen MR) is 158 cm³/mol. The number of amides is 1. The van der Waals surface area contributed by atoms with Gasteiger partial charge in [-0.3, -0.25) is 19.8 Å². The van der Waals surface area contributed by atoms with Gasteiger partial charge in [0.15, 0.2) is 16.7 Å². The molecule has 1 aliphatic heterocycles. The van der Waals surface area contributed by atoms with Gasteiger partial charge in [0.25, 0.3) is 11.6 Å². The van der Waals surface area contributed by atoms with Crippen molar-refractivity contribution in [1.82, 2.24) is 4.90 Å². The van der Waals surface area contributed by atoms with Crippen LogP contribution in [0.2, 0.25) is 0 Å². The van der Waals surface area contributed by atoms with Crippen LogP contribution in [0.15, 0.2) is 82.7 Å². The lowest BCUT2D eigenvalue weighted by Crippen LogP contribution is -2.44. The van der Waals surface area contributed by atoms with Crippen LogP contribution in [0, 0.1) is 16.0 Å². The minimum absolute atomic E-state index is 0.0177. The maximum atomic E-state index is 13.8. The molecule has 40 heavy (non-hydrogen) atoms. The molecule has 0 radical (unpaired) electrons. The number of carbonyl (C=O) groups excluding carboxylic acids is 1. The number of para-hydroxylation sites is 1. The van der Waals surface area contributed by atoms with Crippen molar-refractivity contribution in [3.8, 4) is 11.5 Å². The molecule has 206 valence electrons. The minimum Gasteiger partial charge on any atom is -0.493 e. The van der Waals surface area contributed by atoms with E-state index >= 15 is 0 Å². The third kappa shape index (κ3) is 6.20. The lowest BCUT2D eigenvalue weighted by Gasteiger charge is -2.35. The van der Waals surface area contributed by atoms with E-state index in [4.69, 9.17) is 14.5 Å². The van der Waals surface area contributed by atoms with Crippen molar-refractivity contribution in [3.05, 3.63) is 98.9 Å². The second-order valence-corrected chi connectivity index (χ2v) is 11.0. The zero-order valence-corrected chi connectivity index (χ0v) is 23.3. The second kappa shape index (κ2) is 12.4. The van der Waals surface area contributed by atoms with Crippen molar-refractivity contribution in [2.75, 3.05) is 7.11 Å². The molecule has 1 heterocycles. The number of hydrogen-bond donors (Lipinski definition) is 0. The number of nitro benzene ring substituents is 1. The highest BCUT2D eigenvalue weighted by atomic mass is 32.2. The van der Waals surface area contributed by atoms with E-state index in [-0.39, 0.29) is 24.2 Å². The Balaban J connectivity index is 1.38. The standard InChI is InChI=1S/C31H31N3O5S/c1-21-8-6-7-11-26(21)33-30(35)29(40-31(33)32-24-9-4-3-5-10-24)19-23-14-17-27(28(18-23)38-2)39-20-22-12-15-25(16-13-22)34(36)37/h3-5,9-10,12-19,21,26H,6-8,11,20H2,1-2H3/b29-19-,32-31?/t21-,26+/m0/s1. The third-order valence-corrected chi connectivity index (χ3v) is 8.23. The molecule has 0 aromatic heterocycles. The molecule has 0 N–H and O–H groups in total. The maximum Gasteiger partial charge on any atom is 0.269 e. The Kier molecular flexibility index (Phi) is 8.50. The molecule has 9 heteroatoms. The quantitative estimate of drug-likeness (QED) is 0.163. The molecule has 2 aliphatic rings. The molecule has 8 nitrogen and oxygen atoms in total. The largest absolute Gasteiger partial charge is 0.493 e. The van der Waals surface area contributed by atoms with Gasteiger partial charge in [-0.1, -0.05) is 44.0 Å². The number of thioether (sulfide) groups is 1. The van der Waals surface area contributed by atoms with Gasteiger partial charge in [-0.05, 0) is 84.1 Å². The van der Waals surface area contributed by atoms with Crippen LogP contribution in [0.4, 0.5) is 11.4 Å². The van der Waals surface area contributed by atoms with Gasteiger partial charge in [-0.2, -0.15) is 0 Å². The van der Waals surface area contributed by atoms with Crippen LogP contribution in [-0.2, 0) is 11.4 Å². The Bertz CT molecular complexity index is 1440. The molecule has 2 fully saturated rings. The molecule has 5 rings (SSSR count). The van der Waals surface area contributed by atoms with Gasteiger partial charge in [0.1, 0.15) is 6.61 Å². The molecular formula is C31H31N3O5S. The number of nitro groups is 1. The number of hydrogen-bond acceptors (Lipinski definition) is 7. The fraction of sp³-hybridized carbons (Fsp3) is 0.290. The summed E-state index contributed by atoms with van der Waals surface area (Å²) < 4.78 is 11.5. The summed E-state index contributed by atoms with van der Waals surface area (Å²) in [6, 6.07) is 21.6. The van der Waals surface area contributed by atoms with Crippen molar-refractivity contribution < 1.29 is 19.2 Å². The molecular weight excluding hydrogens is 526 g/mol. The van der Waals surface area contributed by atoms with Gasteiger partial charge in [0, 0.05) is 18.2 Å². The number of aliphatic imine (C=N–C) groups is 1. The summed E-state index contributed by atoms with van der Waals surface area (Å²) in [5.74, 6) is 1.46. The first-order valence-corrected chi connectivity index (χ1v) is 14.2. The average molecular weight is 558 g/mol. The number of methoxy groups -OCH3 is 1. The molecule has 1 amide bonds. The molecule has 0 bridgehead atoms. The predicted octanol–water partition coefficient (Wildman–Crippen LogP) is 7.37. The Morgan fingerprint density at radius 3 is 2.50 bits per heavy atom. The molecule has 1 saturated carbocycles. The lowest BCUT2D eigenvalue weighted by molar-refractivity contribution is -0.384. The van der Waals surface area contributed by atoms with Crippen LogP contribution in [-0.4, -0.2) is 34.0 Å². The van der Waals surface area contributed by atoms with Crippen LogP contribution in [0.3, 0.4) is 0 Å². The van der Waals surface area contributed by atoms with E-state index in [0.29, 0.717) is 22.3 Å². The van der Waals surface area contributed by atoms with Gasteiger partial charge in [0.05, 0.1) is 22.6 Å². The summed E-state index contributed by atoms with van der Waals surface area (Å²) in [5, 5.41) is 11.6. The number of amidine groups is 1. The molecule has 2 atom stereocenters. The average Bonchev–Trinajstić information content (AvgIpc) is 3.26. The molecule has 3 aromatic rings. The molecule has 1 aliphatic carbocycles. The van der Waals surface area contributed by atoms with Gasteiger partial charge >= 0.3 is 0 Å². The Morgan fingerprint density at radius 2 is 1.80 bits per heavy atom. The smallest absolute Gasteiger partial charge is 0.269 e. The summed E-state index contributed by atoms with van der Waals surface area (Å²) >= 11 is 1.41. The molecule has 0 unspecified atom stereocenters. The first-order valence-electron chi connectivity index (χ1n) is 13.3. The third-order valence-electron chi connectivity index (χ3n) is 7.24. The Hall–Kier alpha value is -4.11. The first kappa shape index (κ1) is 27.5. The van der Waals surface area contributed by atoms with Crippen molar-refractivity contribution in [3.63, 3.8) is 0 Å². The summed E-state index contributed by atoms with van der Waals surface area (Å²) in [7, 11) is 1.57. The zero-order chi connectivity index (χ0) is 28.1. The summed E-state index contributed by atoms with van der Waals surface area (Å²) in [6.45, 7) is 2.46. The number of carbonyl (C=O) groups is 1. The SMILES string of the molecule is COc1cc(/C=C2\SC(=Nc3ccccc3)N([C@@H]3CCCC[C@@H]3C)C2=O)ccc1OCc1ccc([N+](=O)[O-])cc1. The van der Waals surface area contributed by atoms with E-state index in [2.05, 4.69) is 6.92 Å². The van der Waals surface area contributed by atoms with Gasteiger partial charge in [0.2, 0.25) is 0 Å². The maximum absolute atomic E-state index is 13.8. The van der Waals surface area contributed by atoms with E-state index in [1.165, 1.54) is 30.3 Å². The highest BCUT2D eigenvalue weighted by Gasteiger charge is 2.41. The van der Waals surface area contributed by atoms with E-state index in [1.807, 2.05) is 53.4 Å². The van der Waals surface area contributed by atoms with E-state index in [0.717, 1.165) is 41.2 Å². The van der Waals surface area contributed by atoms with Gasteiger partial charge < -0.3 is 9.47 Å². The first-order chi connectivity index (χ1) is 19.4.